The molecule has 0 radical (unpaired) electrons. The average molecular weight is 506 g/mol. The predicted octanol–water partition coefficient (Wildman–Crippen LogP) is 4.83. The lowest BCUT2D eigenvalue weighted by molar-refractivity contribution is -0.0505. The summed E-state index contributed by atoms with van der Waals surface area (Å²) in [5, 5.41) is 7.94. The Labute approximate surface area is 209 Å². The Kier molecular flexibility index (Phi) is 4.84. The summed E-state index contributed by atoms with van der Waals surface area (Å²) in [7, 11) is 1.71. The van der Waals surface area contributed by atoms with Crippen LogP contribution in [0.25, 0.3) is 16.6 Å². The second kappa shape index (κ2) is 8.04. The Hall–Kier alpha value is -3.92. The van der Waals surface area contributed by atoms with Gasteiger partial charge in [0.25, 0.3) is 5.91 Å². The largest absolute Gasteiger partial charge is 0.434 e. The third-order valence-electron chi connectivity index (χ3n) is 7.83. The molecule has 1 amide bonds. The standard InChI is InChI=1S/C27H22F3N5O2/c1-34-20-11-16(22-15(26(34)36)3-2-4-21(22)37-27(29)30)23-19-10-13(6-8-35(19)33-25(20)23)14-9-17(28)24(32-12-14)18-5-7-31-18/h2-4,6,8-10,12,16,18,20,27,31H,5,7,11H2,1H3. The molecule has 1 N–H and O–H groups in total. The van der Waals surface area contributed by atoms with E-state index >= 15 is 0 Å². The number of hydrogen-bond acceptors (Lipinski definition) is 5. The van der Waals surface area contributed by atoms with Crippen LogP contribution in [0.1, 0.15) is 63.7 Å². The fourth-order valence-corrected chi connectivity index (χ4v) is 5.93. The Morgan fingerprint density at radius 2 is 1.97 bits per heavy atom. The molecule has 1 fully saturated rings. The van der Waals surface area contributed by atoms with Gasteiger partial charge >= 0.3 is 6.61 Å². The van der Waals surface area contributed by atoms with E-state index in [2.05, 4.69) is 10.3 Å². The van der Waals surface area contributed by atoms with Crippen molar-refractivity contribution >= 4 is 11.4 Å². The summed E-state index contributed by atoms with van der Waals surface area (Å²) in [6, 6.07) is 9.56. The number of halogens is 3. The van der Waals surface area contributed by atoms with E-state index in [1.54, 1.807) is 41.0 Å². The Morgan fingerprint density at radius 1 is 1.14 bits per heavy atom. The average Bonchev–Trinajstić information content (AvgIpc) is 3.36. The molecule has 3 aromatic heterocycles. The fourth-order valence-electron chi connectivity index (χ4n) is 5.93. The number of amides is 1. The number of nitrogens with one attached hydrogen (secondary N) is 1. The van der Waals surface area contributed by atoms with Crippen molar-refractivity contribution in [3.05, 3.63) is 82.7 Å². The molecular formula is C27H22F3N5O2. The van der Waals surface area contributed by atoms with Crippen LogP contribution >= 0.6 is 0 Å². The molecular weight excluding hydrogens is 483 g/mol. The molecule has 10 heteroatoms. The van der Waals surface area contributed by atoms with Crippen LogP contribution in [0.3, 0.4) is 0 Å². The van der Waals surface area contributed by atoms with Crippen LogP contribution in [0.5, 0.6) is 5.75 Å². The normalized spacial score (nSPS) is 22.1. The van der Waals surface area contributed by atoms with Gasteiger partial charge in [-0.3, -0.25) is 9.78 Å². The number of fused-ring (bicyclic) bond motifs is 9. The van der Waals surface area contributed by atoms with Crippen molar-refractivity contribution in [2.75, 3.05) is 13.6 Å². The van der Waals surface area contributed by atoms with Gasteiger partial charge in [0.05, 0.1) is 29.0 Å². The molecule has 0 spiro atoms. The number of rotatable bonds is 4. The van der Waals surface area contributed by atoms with Crippen LogP contribution in [0.4, 0.5) is 13.2 Å². The second-order valence-electron chi connectivity index (χ2n) is 9.75. The quantitative estimate of drug-likeness (QED) is 0.430. The lowest BCUT2D eigenvalue weighted by atomic mass is 9.88. The first kappa shape index (κ1) is 22.3. The van der Waals surface area contributed by atoms with Crippen molar-refractivity contribution in [2.24, 2.45) is 0 Å². The van der Waals surface area contributed by atoms with E-state index in [1.807, 2.05) is 12.1 Å². The van der Waals surface area contributed by atoms with Crippen molar-refractivity contribution in [3.8, 4) is 16.9 Å². The van der Waals surface area contributed by atoms with Crippen molar-refractivity contribution in [1.82, 2.24) is 24.8 Å². The summed E-state index contributed by atoms with van der Waals surface area (Å²) < 4.78 is 48.1. The zero-order chi connectivity index (χ0) is 25.4. The van der Waals surface area contributed by atoms with Crippen LogP contribution in [-0.2, 0) is 0 Å². The Morgan fingerprint density at radius 3 is 2.70 bits per heavy atom. The highest BCUT2D eigenvalue weighted by atomic mass is 19.3. The third kappa shape index (κ3) is 3.28. The number of aromatic nitrogens is 3. The first-order valence-electron chi connectivity index (χ1n) is 12.2. The van der Waals surface area contributed by atoms with Crippen molar-refractivity contribution < 1.29 is 22.7 Å². The molecule has 1 saturated heterocycles. The number of alkyl halides is 2. The SMILES string of the molecule is CN1C(=O)c2cccc(OC(F)F)c2C2CC1c1nn3ccc(-c4cnc(C5CCN5)c(F)c4)cc3c12. The summed E-state index contributed by atoms with van der Waals surface area (Å²) >= 11 is 0. The maximum absolute atomic E-state index is 14.9. The molecule has 5 heterocycles. The van der Waals surface area contributed by atoms with E-state index in [9.17, 15) is 18.0 Å². The number of nitrogens with zero attached hydrogens (tertiary/aromatic N) is 4. The first-order valence-corrected chi connectivity index (χ1v) is 12.2. The van der Waals surface area contributed by atoms with Gasteiger partial charge < -0.3 is 15.0 Å². The number of hydrogen-bond donors (Lipinski definition) is 1. The molecule has 3 unspecified atom stereocenters. The molecule has 7 nitrogen and oxygen atoms in total. The summed E-state index contributed by atoms with van der Waals surface area (Å²) in [5.74, 6) is -0.986. The van der Waals surface area contributed by atoms with Gasteiger partial charge in [0.1, 0.15) is 11.6 Å². The highest BCUT2D eigenvalue weighted by molar-refractivity contribution is 5.98. The van der Waals surface area contributed by atoms with Gasteiger partial charge in [-0.05, 0) is 55.3 Å². The van der Waals surface area contributed by atoms with Crippen LogP contribution < -0.4 is 10.1 Å². The van der Waals surface area contributed by atoms with E-state index in [4.69, 9.17) is 9.84 Å². The molecule has 37 heavy (non-hydrogen) atoms. The zero-order valence-electron chi connectivity index (χ0n) is 19.8. The molecule has 7 rings (SSSR count). The van der Waals surface area contributed by atoms with E-state index in [0.29, 0.717) is 28.8 Å². The number of ether oxygens (including phenoxy) is 1. The van der Waals surface area contributed by atoms with E-state index in [0.717, 1.165) is 35.3 Å². The fraction of sp³-hybridized carbons (Fsp3) is 0.296. The molecule has 2 aliphatic heterocycles. The summed E-state index contributed by atoms with van der Waals surface area (Å²) in [4.78, 5) is 19.3. The van der Waals surface area contributed by atoms with Crippen LogP contribution in [0, 0.1) is 5.82 Å². The first-order chi connectivity index (χ1) is 17.9. The van der Waals surface area contributed by atoms with Crippen molar-refractivity contribution in [1.29, 1.82) is 0 Å². The molecule has 1 aromatic carbocycles. The topological polar surface area (TPSA) is 71.8 Å². The molecule has 0 saturated carbocycles. The molecule has 1 aliphatic carbocycles. The van der Waals surface area contributed by atoms with Gasteiger partial charge in [-0.2, -0.15) is 13.9 Å². The molecule has 3 aliphatic rings. The monoisotopic (exact) mass is 505 g/mol. The minimum Gasteiger partial charge on any atom is -0.434 e. The third-order valence-corrected chi connectivity index (χ3v) is 7.83. The van der Waals surface area contributed by atoms with Crippen LogP contribution in [-0.4, -0.2) is 45.6 Å². The summed E-state index contributed by atoms with van der Waals surface area (Å²) in [5.41, 5.74) is 4.97. The van der Waals surface area contributed by atoms with Gasteiger partial charge in [-0.25, -0.2) is 8.91 Å². The summed E-state index contributed by atoms with van der Waals surface area (Å²) in [6.07, 6.45) is 4.82. The number of pyridine rings is 2. The van der Waals surface area contributed by atoms with E-state index in [1.165, 1.54) is 12.1 Å². The predicted molar refractivity (Wildman–Crippen MR) is 128 cm³/mol. The molecule has 4 aromatic rings. The Balaban J connectivity index is 1.38. The van der Waals surface area contributed by atoms with Gasteiger partial charge in [-0.15, -0.1) is 0 Å². The van der Waals surface area contributed by atoms with Gasteiger partial charge in [0, 0.05) is 47.6 Å². The maximum Gasteiger partial charge on any atom is 0.387 e. The van der Waals surface area contributed by atoms with Gasteiger partial charge in [0.15, 0.2) is 0 Å². The molecule has 2 bridgehead atoms. The number of carbonyl (C=O) groups is 1. The number of carbonyl (C=O) groups excluding carboxylic acids is 1. The zero-order valence-corrected chi connectivity index (χ0v) is 19.8. The van der Waals surface area contributed by atoms with Crippen molar-refractivity contribution in [3.63, 3.8) is 0 Å². The lowest BCUT2D eigenvalue weighted by Crippen LogP contribution is -2.36. The van der Waals surface area contributed by atoms with E-state index < -0.39 is 6.61 Å². The summed E-state index contributed by atoms with van der Waals surface area (Å²) in [6.45, 7) is -2.16. The maximum atomic E-state index is 14.9. The lowest BCUT2D eigenvalue weighted by Gasteiger charge is -2.27. The minimum absolute atomic E-state index is 0.00489. The van der Waals surface area contributed by atoms with Gasteiger partial charge in [-0.1, -0.05) is 6.07 Å². The minimum atomic E-state index is -3.02. The molecule has 3 atom stereocenters. The van der Waals surface area contributed by atoms with Crippen LogP contribution in [0.2, 0.25) is 0 Å². The second-order valence-corrected chi connectivity index (χ2v) is 9.75. The van der Waals surface area contributed by atoms with E-state index in [-0.39, 0.29) is 35.5 Å². The van der Waals surface area contributed by atoms with Crippen molar-refractivity contribution in [2.45, 2.75) is 37.5 Å². The highest BCUT2D eigenvalue weighted by Gasteiger charge is 2.46. The molecule has 188 valence electrons. The Bertz CT molecular complexity index is 1580. The van der Waals surface area contributed by atoms with Crippen LogP contribution in [0.15, 0.2) is 48.8 Å². The highest BCUT2D eigenvalue weighted by Crippen LogP contribution is 2.53. The smallest absolute Gasteiger partial charge is 0.387 e. The number of benzene rings is 1. The van der Waals surface area contributed by atoms with Gasteiger partial charge in [0.2, 0.25) is 0 Å².